The average molecular weight is 302 g/mol. The topological polar surface area (TPSA) is 64.4 Å². The number of benzene rings is 1. The minimum absolute atomic E-state index is 0.0777. The van der Waals surface area contributed by atoms with Crippen LogP contribution in [-0.4, -0.2) is 24.5 Å². The fraction of sp³-hybridized carbons (Fsp3) is 0.412. The second kappa shape index (κ2) is 7.64. The molecule has 0 saturated heterocycles. The summed E-state index contributed by atoms with van der Waals surface area (Å²) in [5, 5.41) is 2.89. The largest absolute Gasteiger partial charge is 0.497 e. The van der Waals surface area contributed by atoms with E-state index in [1.807, 2.05) is 38.1 Å². The maximum Gasteiger partial charge on any atom is 0.226 e. The lowest BCUT2D eigenvalue weighted by atomic mass is 10.1. The first-order valence-electron chi connectivity index (χ1n) is 7.44. The number of rotatable bonds is 7. The Morgan fingerprint density at radius 2 is 2.05 bits per heavy atom. The molecule has 0 radical (unpaired) electrons. The molecule has 0 bridgehead atoms. The van der Waals surface area contributed by atoms with Crippen molar-refractivity contribution in [2.75, 3.05) is 13.7 Å². The van der Waals surface area contributed by atoms with Crippen molar-refractivity contribution in [2.24, 2.45) is 5.92 Å². The van der Waals surface area contributed by atoms with Crippen LogP contribution in [0.5, 0.6) is 5.75 Å². The third-order valence-corrected chi connectivity index (χ3v) is 3.19. The van der Waals surface area contributed by atoms with Gasteiger partial charge in [-0.05, 0) is 30.2 Å². The molecule has 0 spiro atoms. The summed E-state index contributed by atoms with van der Waals surface area (Å²) in [5.74, 6) is 1.82. The van der Waals surface area contributed by atoms with E-state index in [1.54, 1.807) is 13.4 Å². The predicted molar refractivity (Wildman–Crippen MR) is 84.7 cm³/mol. The minimum atomic E-state index is 0.0777. The van der Waals surface area contributed by atoms with Crippen molar-refractivity contribution in [3.8, 4) is 17.2 Å². The first-order chi connectivity index (χ1) is 10.6. The number of hydrogen-bond acceptors (Lipinski definition) is 4. The van der Waals surface area contributed by atoms with Crippen LogP contribution in [0.2, 0.25) is 0 Å². The van der Waals surface area contributed by atoms with Gasteiger partial charge in [-0.15, -0.1) is 0 Å². The van der Waals surface area contributed by atoms with E-state index in [0.717, 1.165) is 17.0 Å². The van der Waals surface area contributed by atoms with E-state index >= 15 is 0 Å². The Balaban J connectivity index is 1.87. The maximum atomic E-state index is 11.6. The highest BCUT2D eigenvalue weighted by molar-refractivity contribution is 5.76. The number of nitrogens with zero attached hydrogens (tertiary/aromatic N) is 1. The summed E-state index contributed by atoms with van der Waals surface area (Å²) in [7, 11) is 1.63. The van der Waals surface area contributed by atoms with Crippen molar-refractivity contribution in [3.05, 3.63) is 36.2 Å². The molecule has 1 amide bonds. The van der Waals surface area contributed by atoms with E-state index in [4.69, 9.17) is 9.15 Å². The summed E-state index contributed by atoms with van der Waals surface area (Å²) in [4.78, 5) is 16.0. The van der Waals surface area contributed by atoms with Gasteiger partial charge in [-0.2, -0.15) is 0 Å². The van der Waals surface area contributed by atoms with Crippen LogP contribution in [0.1, 0.15) is 26.0 Å². The number of oxazole rings is 1. The number of nitrogens with one attached hydrogen (secondary N) is 1. The molecule has 1 N–H and O–H groups in total. The summed E-state index contributed by atoms with van der Waals surface area (Å²) in [6, 6.07) is 7.54. The van der Waals surface area contributed by atoms with Crippen molar-refractivity contribution < 1.29 is 13.9 Å². The number of methoxy groups -OCH3 is 1. The van der Waals surface area contributed by atoms with Crippen LogP contribution in [0.25, 0.3) is 11.5 Å². The average Bonchev–Trinajstić information content (AvgIpc) is 2.95. The van der Waals surface area contributed by atoms with Crippen molar-refractivity contribution in [1.82, 2.24) is 10.3 Å². The molecular formula is C17H22N2O3. The lowest BCUT2D eigenvalue weighted by Crippen LogP contribution is -2.26. The van der Waals surface area contributed by atoms with Crippen molar-refractivity contribution in [2.45, 2.75) is 26.7 Å². The van der Waals surface area contributed by atoms with Gasteiger partial charge in [0, 0.05) is 24.9 Å². The van der Waals surface area contributed by atoms with Crippen LogP contribution in [0, 0.1) is 5.92 Å². The molecular weight excluding hydrogens is 280 g/mol. The standard InChI is InChI=1S/C17H22N2O3/c1-12(2)10-16(20)18-9-8-14-11-22-17(19-14)13-4-6-15(21-3)7-5-13/h4-7,11-12H,8-10H2,1-3H3,(H,18,20). The molecule has 5 nitrogen and oxygen atoms in total. The van der Waals surface area contributed by atoms with Crippen LogP contribution in [0.15, 0.2) is 34.9 Å². The number of hydrogen-bond donors (Lipinski definition) is 1. The molecule has 2 rings (SSSR count). The quantitative estimate of drug-likeness (QED) is 0.853. The summed E-state index contributed by atoms with van der Waals surface area (Å²) in [6.45, 7) is 4.62. The van der Waals surface area contributed by atoms with E-state index < -0.39 is 0 Å². The van der Waals surface area contributed by atoms with E-state index in [-0.39, 0.29) is 5.91 Å². The fourth-order valence-electron chi connectivity index (χ4n) is 2.06. The molecule has 1 aromatic carbocycles. The molecule has 0 aliphatic heterocycles. The third-order valence-electron chi connectivity index (χ3n) is 3.19. The van der Waals surface area contributed by atoms with Gasteiger partial charge in [-0.25, -0.2) is 4.98 Å². The molecule has 0 unspecified atom stereocenters. The van der Waals surface area contributed by atoms with Crippen LogP contribution in [0.3, 0.4) is 0 Å². The van der Waals surface area contributed by atoms with Gasteiger partial charge in [-0.3, -0.25) is 4.79 Å². The number of ether oxygens (including phenoxy) is 1. The molecule has 0 aliphatic rings. The van der Waals surface area contributed by atoms with Gasteiger partial charge >= 0.3 is 0 Å². The second-order valence-electron chi connectivity index (χ2n) is 5.57. The summed E-state index contributed by atoms with van der Waals surface area (Å²) in [5.41, 5.74) is 1.73. The zero-order valence-electron chi connectivity index (χ0n) is 13.3. The molecule has 2 aromatic rings. The van der Waals surface area contributed by atoms with Gasteiger partial charge < -0.3 is 14.5 Å². The molecule has 1 heterocycles. The monoisotopic (exact) mass is 302 g/mol. The summed E-state index contributed by atoms with van der Waals surface area (Å²) < 4.78 is 10.6. The smallest absolute Gasteiger partial charge is 0.226 e. The lowest BCUT2D eigenvalue weighted by molar-refractivity contribution is -0.121. The first-order valence-corrected chi connectivity index (χ1v) is 7.44. The van der Waals surface area contributed by atoms with E-state index in [2.05, 4.69) is 10.3 Å². The highest BCUT2D eigenvalue weighted by Gasteiger charge is 2.08. The maximum absolute atomic E-state index is 11.6. The van der Waals surface area contributed by atoms with Crippen molar-refractivity contribution >= 4 is 5.91 Å². The summed E-state index contributed by atoms with van der Waals surface area (Å²) in [6.07, 6.45) is 2.84. The Hall–Kier alpha value is -2.30. The van der Waals surface area contributed by atoms with Gasteiger partial charge in [0.1, 0.15) is 12.0 Å². The molecule has 22 heavy (non-hydrogen) atoms. The third kappa shape index (κ3) is 4.62. The highest BCUT2D eigenvalue weighted by atomic mass is 16.5. The first kappa shape index (κ1) is 16.1. The lowest BCUT2D eigenvalue weighted by Gasteiger charge is -2.05. The zero-order chi connectivity index (χ0) is 15.9. The zero-order valence-corrected chi connectivity index (χ0v) is 13.3. The molecule has 1 aromatic heterocycles. The number of aromatic nitrogens is 1. The van der Waals surface area contributed by atoms with Gasteiger partial charge in [0.15, 0.2) is 0 Å². The van der Waals surface area contributed by atoms with Crippen LogP contribution in [-0.2, 0) is 11.2 Å². The molecule has 0 aliphatic carbocycles. The molecule has 0 atom stereocenters. The Bertz CT molecular complexity index is 603. The van der Waals surface area contributed by atoms with Gasteiger partial charge in [0.05, 0.1) is 12.8 Å². The number of carbonyl (C=O) groups is 1. The Morgan fingerprint density at radius 1 is 1.32 bits per heavy atom. The Morgan fingerprint density at radius 3 is 2.68 bits per heavy atom. The number of amides is 1. The van der Waals surface area contributed by atoms with Gasteiger partial charge in [-0.1, -0.05) is 13.8 Å². The van der Waals surface area contributed by atoms with E-state index in [9.17, 15) is 4.79 Å². The van der Waals surface area contributed by atoms with Gasteiger partial charge in [0.2, 0.25) is 11.8 Å². The fourth-order valence-corrected chi connectivity index (χ4v) is 2.06. The highest BCUT2D eigenvalue weighted by Crippen LogP contribution is 2.21. The molecule has 0 saturated carbocycles. The van der Waals surface area contributed by atoms with Crippen molar-refractivity contribution in [3.63, 3.8) is 0 Å². The molecule has 5 heteroatoms. The summed E-state index contributed by atoms with van der Waals surface area (Å²) >= 11 is 0. The predicted octanol–water partition coefficient (Wildman–Crippen LogP) is 3.06. The normalized spacial score (nSPS) is 10.7. The molecule has 0 fully saturated rings. The number of carbonyl (C=O) groups excluding carboxylic acids is 1. The second-order valence-corrected chi connectivity index (χ2v) is 5.57. The van der Waals surface area contributed by atoms with Crippen LogP contribution < -0.4 is 10.1 Å². The minimum Gasteiger partial charge on any atom is -0.497 e. The molecule has 118 valence electrons. The van der Waals surface area contributed by atoms with Crippen molar-refractivity contribution in [1.29, 1.82) is 0 Å². The van der Waals surface area contributed by atoms with E-state index in [0.29, 0.717) is 31.2 Å². The van der Waals surface area contributed by atoms with Crippen LogP contribution >= 0.6 is 0 Å². The Labute approximate surface area is 130 Å². The van der Waals surface area contributed by atoms with Crippen LogP contribution in [0.4, 0.5) is 0 Å². The van der Waals surface area contributed by atoms with Gasteiger partial charge in [0.25, 0.3) is 0 Å². The SMILES string of the molecule is COc1ccc(-c2nc(CCNC(=O)CC(C)C)co2)cc1. The Kier molecular flexibility index (Phi) is 5.58. The van der Waals surface area contributed by atoms with E-state index in [1.165, 1.54) is 0 Å².